The molecule has 108 valence electrons. The van der Waals surface area contributed by atoms with E-state index in [1.165, 1.54) is 0 Å². The first-order valence-electron chi connectivity index (χ1n) is 7.13. The third kappa shape index (κ3) is 2.24. The van der Waals surface area contributed by atoms with Gasteiger partial charge in [-0.3, -0.25) is 14.5 Å². The maximum Gasteiger partial charge on any atom is 0.249 e. The van der Waals surface area contributed by atoms with Gasteiger partial charge in [0.05, 0.1) is 17.1 Å². The molecule has 1 aromatic carbocycles. The first-order valence-corrected chi connectivity index (χ1v) is 7.13. The van der Waals surface area contributed by atoms with Gasteiger partial charge in [-0.15, -0.1) is 0 Å². The number of carbonyl (C=O) groups is 1. The second kappa shape index (κ2) is 5.16. The molecule has 1 aromatic heterocycles. The average molecular weight is 282 g/mol. The maximum atomic E-state index is 12.1. The summed E-state index contributed by atoms with van der Waals surface area (Å²) in [5.74, 6) is -0.0964. The number of carbonyl (C=O) groups excluding carboxylic acids is 1. The Balaban J connectivity index is 2.27. The summed E-state index contributed by atoms with van der Waals surface area (Å²) in [6.45, 7) is 6.48. The number of rotatable bonds is 2. The van der Waals surface area contributed by atoms with Crippen LogP contribution in [0.25, 0.3) is 0 Å². The number of fused-ring (bicyclic) bond motifs is 1. The molecule has 1 unspecified atom stereocenters. The van der Waals surface area contributed by atoms with Crippen molar-refractivity contribution in [2.24, 2.45) is 4.99 Å². The molecular weight excluding hydrogens is 264 g/mol. The number of aliphatic imine (C=N–C) groups is 1. The smallest absolute Gasteiger partial charge is 0.249 e. The Bertz CT molecular complexity index is 715. The van der Waals surface area contributed by atoms with Crippen molar-refractivity contribution in [3.63, 3.8) is 0 Å². The topological polar surface area (TPSA) is 59.3 Å². The molecule has 1 N–H and O–H groups in total. The Morgan fingerprint density at radius 1 is 1.29 bits per heavy atom. The van der Waals surface area contributed by atoms with Gasteiger partial charge in [0.15, 0.2) is 0 Å². The van der Waals surface area contributed by atoms with Crippen LogP contribution < -0.4 is 5.32 Å². The predicted octanol–water partition coefficient (Wildman–Crippen LogP) is 2.39. The number of hydrogen-bond donors (Lipinski definition) is 1. The second-order valence-corrected chi connectivity index (χ2v) is 5.13. The molecule has 0 bridgehead atoms. The maximum absolute atomic E-state index is 12.1. The summed E-state index contributed by atoms with van der Waals surface area (Å²) in [6.07, 6.45) is 0. The van der Waals surface area contributed by atoms with Crippen molar-refractivity contribution in [2.75, 3.05) is 5.32 Å². The van der Waals surface area contributed by atoms with Crippen LogP contribution in [0.3, 0.4) is 0 Å². The molecule has 2 heterocycles. The van der Waals surface area contributed by atoms with Crippen LogP contribution in [0.5, 0.6) is 0 Å². The van der Waals surface area contributed by atoms with Gasteiger partial charge in [-0.1, -0.05) is 30.3 Å². The summed E-state index contributed by atoms with van der Waals surface area (Å²) in [4.78, 5) is 16.8. The van der Waals surface area contributed by atoms with Crippen molar-refractivity contribution in [1.29, 1.82) is 0 Å². The van der Waals surface area contributed by atoms with Crippen LogP contribution in [0.2, 0.25) is 0 Å². The molecule has 5 nitrogen and oxygen atoms in total. The Hall–Kier alpha value is -2.43. The third-order valence-corrected chi connectivity index (χ3v) is 3.65. The Morgan fingerprint density at radius 2 is 2.00 bits per heavy atom. The van der Waals surface area contributed by atoms with E-state index in [2.05, 4.69) is 15.4 Å². The number of nitrogens with zero attached hydrogens (tertiary/aromatic N) is 3. The van der Waals surface area contributed by atoms with Gasteiger partial charge in [-0.05, 0) is 20.8 Å². The van der Waals surface area contributed by atoms with Crippen LogP contribution in [0.1, 0.15) is 30.8 Å². The van der Waals surface area contributed by atoms with E-state index >= 15 is 0 Å². The highest BCUT2D eigenvalue weighted by molar-refractivity contribution is 6.19. The minimum Gasteiger partial charge on any atom is -0.321 e. The fraction of sp³-hybridized carbons (Fsp3) is 0.312. The normalized spacial score (nSPS) is 17.8. The lowest BCUT2D eigenvalue weighted by atomic mass is 10.1. The molecule has 5 heteroatoms. The van der Waals surface area contributed by atoms with Crippen molar-refractivity contribution in [3.05, 3.63) is 47.3 Å². The monoisotopic (exact) mass is 282 g/mol. The molecule has 0 saturated heterocycles. The summed E-state index contributed by atoms with van der Waals surface area (Å²) in [5.41, 5.74) is 4.29. The molecule has 21 heavy (non-hydrogen) atoms. The van der Waals surface area contributed by atoms with E-state index in [9.17, 15) is 4.79 Å². The summed E-state index contributed by atoms with van der Waals surface area (Å²) in [6, 6.07) is 9.51. The number of aryl methyl sites for hydroxylation is 2. The Kier molecular flexibility index (Phi) is 3.33. The molecule has 1 atom stereocenters. The minimum absolute atomic E-state index is 0.0964. The van der Waals surface area contributed by atoms with Gasteiger partial charge >= 0.3 is 0 Å². The zero-order valence-corrected chi connectivity index (χ0v) is 12.4. The standard InChI is InChI=1S/C16H18N4O/c1-4-20-15-13(10(2)19-20)18-16(21)11(3)17-14(15)12-8-6-5-7-9-12/h5-9,11H,4H2,1-3H3,(H,18,21). The van der Waals surface area contributed by atoms with E-state index in [-0.39, 0.29) is 5.91 Å². The van der Waals surface area contributed by atoms with E-state index < -0.39 is 6.04 Å². The number of hydrogen-bond acceptors (Lipinski definition) is 3. The van der Waals surface area contributed by atoms with Crippen LogP contribution in [0.15, 0.2) is 35.3 Å². The molecule has 1 aliphatic rings. The van der Waals surface area contributed by atoms with Crippen molar-refractivity contribution in [3.8, 4) is 0 Å². The highest BCUT2D eigenvalue weighted by Crippen LogP contribution is 2.27. The van der Waals surface area contributed by atoms with Gasteiger partial charge in [0, 0.05) is 12.1 Å². The fourth-order valence-electron chi connectivity index (χ4n) is 2.55. The lowest BCUT2D eigenvalue weighted by Gasteiger charge is -2.09. The molecule has 0 radical (unpaired) electrons. The summed E-state index contributed by atoms with van der Waals surface area (Å²) in [7, 11) is 0. The lowest BCUT2D eigenvalue weighted by Crippen LogP contribution is -2.22. The molecule has 1 amide bonds. The summed E-state index contributed by atoms with van der Waals surface area (Å²) < 4.78 is 1.90. The number of amides is 1. The molecular formula is C16H18N4O. The largest absolute Gasteiger partial charge is 0.321 e. The van der Waals surface area contributed by atoms with Crippen LogP contribution in [-0.2, 0) is 11.3 Å². The van der Waals surface area contributed by atoms with Crippen molar-refractivity contribution in [1.82, 2.24) is 9.78 Å². The molecule has 1 aliphatic heterocycles. The van der Waals surface area contributed by atoms with Gasteiger partial charge in [-0.2, -0.15) is 5.10 Å². The molecule has 0 spiro atoms. The van der Waals surface area contributed by atoms with Gasteiger partial charge in [0.25, 0.3) is 0 Å². The highest BCUT2D eigenvalue weighted by Gasteiger charge is 2.28. The zero-order valence-electron chi connectivity index (χ0n) is 12.4. The first-order chi connectivity index (χ1) is 10.1. The van der Waals surface area contributed by atoms with E-state index in [4.69, 9.17) is 0 Å². The lowest BCUT2D eigenvalue weighted by molar-refractivity contribution is -0.116. The van der Waals surface area contributed by atoms with Crippen LogP contribution in [-0.4, -0.2) is 27.4 Å². The van der Waals surface area contributed by atoms with Crippen LogP contribution >= 0.6 is 0 Å². The highest BCUT2D eigenvalue weighted by atomic mass is 16.2. The average Bonchev–Trinajstić information content (AvgIpc) is 2.74. The predicted molar refractivity (Wildman–Crippen MR) is 82.8 cm³/mol. The van der Waals surface area contributed by atoms with Gasteiger partial charge in [0.2, 0.25) is 5.91 Å². The SMILES string of the molecule is CCn1nc(C)c2c1C(c1ccccc1)=NC(C)C(=O)N2. The summed E-state index contributed by atoms with van der Waals surface area (Å²) >= 11 is 0. The number of anilines is 1. The Labute approximate surface area is 123 Å². The fourth-order valence-corrected chi connectivity index (χ4v) is 2.55. The van der Waals surface area contributed by atoms with E-state index in [1.807, 2.05) is 55.8 Å². The minimum atomic E-state index is -0.419. The molecule has 0 aliphatic carbocycles. The van der Waals surface area contributed by atoms with E-state index in [1.54, 1.807) is 0 Å². The quantitative estimate of drug-likeness (QED) is 0.919. The van der Waals surface area contributed by atoms with Crippen molar-refractivity contribution < 1.29 is 4.79 Å². The number of nitrogens with one attached hydrogen (secondary N) is 1. The molecule has 0 saturated carbocycles. The van der Waals surface area contributed by atoms with E-state index in [0.29, 0.717) is 0 Å². The van der Waals surface area contributed by atoms with Crippen molar-refractivity contribution >= 4 is 17.3 Å². The molecule has 2 aromatic rings. The third-order valence-electron chi connectivity index (χ3n) is 3.65. The zero-order chi connectivity index (χ0) is 15.0. The first kappa shape index (κ1) is 13.5. The molecule has 3 rings (SSSR count). The number of benzene rings is 1. The van der Waals surface area contributed by atoms with Gasteiger partial charge in [-0.25, -0.2) is 0 Å². The van der Waals surface area contributed by atoms with Crippen molar-refractivity contribution in [2.45, 2.75) is 33.4 Å². The van der Waals surface area contributed by atoms with E-state index in [0.717, 1.165) is 34.9 Å². The van der Waals surface area contributed by atoms with Crippen LogP contribution in [0, 0.1) is 6.92 Å². The van der Waals surface area contributed by atoms with Gasteiger partial charge < -0.3 is 5.32 Å². The molecule has 0 fully saturated rings. The van der Waals surface area contributed by atoms with Crippen LogP contribution in [0.4, 0.5) is 5.69 Å². The Morgan fingerprint density at radius 3 is 2.67 bits per heavy atom. The second-order valence-electron chi connectivity index (χ2n) is 5.13. The number of aromatic nitrogens is 2. The van der Waals surface area contributed by atoms with Gasteiger partial charge in [0.1, 0.15) is 11.7 Å². The summed E-state index contributed by atoms with van der Waals surface area (Å²) in [5, 5.41) is 7.47.